The number of methoxy groups -OCH3 is 1. The molecule has 1 N–H and O–H groups in total. The van der Waals surface area contributed by atoms with E-state index < -0.39 is 0 Å². The van der Waals surface area contributed by atoms with Crippen LogP contribution in [0.25, 0.3) is 0 Å². The fourth-order valence-electron chi connectivity index (χ4n) is 2.66. The molecule has 8 nitrogen and oxygen atoms in total. The van der Waals surface area contributed by atoms with Crippen molar-refractivity contribution in [3.63, 3.8) is 0 Å². The average Bonchev–Trinajstić information content (AvgIpc) is 2.82. The predicted octanol–water partition coefficient (Wildman–Crippen LogP) is 1.22. The molecule has 1 aromatic rings. The molecule has 2 rings (SSSR count). The van der Waals surface area contributed by atoms with Gasteiger partial charge >= 0.3 is 6.01 Å². The summed E-state index contributed by atoms with van der Waals surface area (Å²) in [5.41, 5.74) is 0. The van der Waals surface area contributed by atoms with Gasteiger partial charge in [-0.3, -0.25) is 4.79 Å². The van der Waals surface area contributed by atoms with Gasteiger partial charge in [0.15, 0.2) is 0 Å². The van der Waals surface area contributed by atoms with Crippen molar-refractivity contribution >= 4 is 17.8 Å². The molecule has 1 saturated heterocycles. The first-order chi connectivity index (χ1) is 11.5. The standard InChI is InChI=1S/C16H28N6O2/c1-12(2)17-13(23)11-21(3)14-18-15(20-16(19-14)24-4)22-9-7-5-6-8-10-22/h12H,5-11H2,1-4H3,(H,17,23). The van der Waals surface area contributed by atoms with Crippen LogP contribution in [0, 0.1) is 0 Å². The lowest BCUT2D eigenvalue weighted by Crippen LogP contribution is -2.39. The Morgan fingerprint density at radius 2 is 1.88 bits per heavy atom. The summed E-state index contributed by atoms with van der Waals surface area (Å²) in [6.45, 7) is 5.92. The Morgan fingerprint density at radius 1 is 1.21 bits per heavy atom. The number of hydrogen-bond acceptors (Lipinski definition) is 7. The van der Waals surface area contributed by atoms with Crippen LogP contribution in [0.4, 0.5) is 11.9 Å². The molecule has 0 unspecified atom stereocenters. The van der Waals surface area contributed by atoms with Gasteiger partial charge in [-0.25, -0.2) is 0 Å². The van der Waals surface area contributed by atoms with E-state index in [0.717, 1.165) is 25.9 Å². The molecule has 2 heterocycles. The van der Waals surface area contributed by atoms with Crippen LogP contribution in [-0.2, 0) is 4.79 Å². The number of carbonyl (C=O) groups excluding carboxylic acids is 1. The summed E-state index contributed by atoms with van der Waals surface area (Å²) in [7, 11) is 3.33. The van der Waals surface area contributed by atoms with Crippen molar-refractivity contribution in [1.29, 1.82) is 0 Å². The van der Waals surface area contributed by atoms with E-state index in [1.807, 2.05) is 13.8 Å². The number of nitrogens with one attached hydrogen (secondary N) is 1. The third kappa shape index (κ3) is 5.21. The summed E-state index contributed by atoms with van der Waals surface area (Å²) < 4.78 is 5.22. The van der Waals surface area contributed by atoms with E-state index in [4.69, 9.17) is 4.74 Å². The van der Waals surface area contributed by atoms with E-state index in [1.54, 1.807) is 11.9 Å². The first-order valence-electron chi connectivity index (χ1n) is 8.55. The highest BCUT2D eigenvalue weighted by Gasteiger charge is 2.18. The molecule has 8 heteroatoms. The largest absolute Gasteiger partial charge is 0.467 e. The fraction of sp³-hybridized carbons (Fsp3) is 0.750. The number of nitrogens with zero attached hydrogens (tertiary/aromatic N) is 5. The number of hydrogen-bond donors (Lipinski definition) is 1. The van der Waals surface area contributed by atoms with E-state index in [-0.39, 0.29) is 24.5 Å². The van der Waals surface area contributed by atoms with Gasteiger partial charge in [-0.15, -0.1) is 0 Å². The van der Waals surface area contributed by atoms with Crippen molar-refractivity contribution in [2.24, 2.45) is 0 Å². The number of ether oxygens (including phenoxy) is 1. The average molecular weight is 336 g/mol. The van der Waals surface area contributed by atoms with Crippen LogP contribution in [-0.4, -0.2) is 60.7 Å². The van der Waals surface area contributed by atoms with Crippen molar-refractivity contribution in [1.82, 2.24) is 20.3 Å². The van der Waals surface area contributed by atoms with Crippen molar-refractivity contribution in [3.8, 4) is 6.01 Å². The third-order valence-corrected chi connectivity index (χ3v) is 3.83. The molecule has 1 amide bonds. The highest BCUT2D eigenvalue weighted by atomic mass is 16.5. The van der Waals surface area contributed by atoms with Gasteiger partial charge in [-0.1, -0.05) is 12.8 Å². The van der Waals surface area contributed by atoms with Gasteiger partial charge in [-0.2, -0.15) is 15.0 Å². The Kier molecular flexibility index (Phi) is 6.57. The van der Waals surface area contributed by atoms with Gasteiger partial charge in [0.1, 0.15) is 0 Å². The summed E-state index contributed by atoms with van der Waals surface area (Å²) in [6.07, 6.45) is 4.74. The molecule has 0 aromatic carbocycles. The third-order valence-electron chi connectivity index (χ3n) is 3.83. The molecule has 1 fully saturated rings. The van der Waals surface area contributed by atoms with Crippen LogP contribution in [0.5, 0.6) is 6.01 Å². The zero-order valence-corrected chi connectivity index (χ0v) is 15.1. The smallest absolute Gasteiger partial charge is 0.322 e. The molecular weight excluding hydrogens is 308 g/mol. The van der Waals surface area contributed by atoms with Crippen LogP contribution < -0.4 is 19.9 Å². The number of rotatable bonds is 6. The molecule has 0 saturated carbocycles. The molecule has 134 valence electrons. The quantitative estimate of drug-likeness (QED) is 0.836. The van der Waals surface area contributed by atoms with Crippen molar-refractivity contribution in [3.05, 3.63) is 0 Å². The molecule has 1 aromatic heterocycles. The zero-order valence-electron chi connectivity index (χ0n) is 15.1. The molecular formula is C16H28N6O2. The molecule has 0 spiro atoms. The van der Waals surface area contributed by atoms with Gasteiger partial charge < -0.3 is 19.9 Å². The number of carbonyl (C=O) groups is 1. The van der Waals surface area contributed by atoms with Gasteiger partial charge in [0.2, 0.25) is 17.8 Å². The van der Waals surface area contributed by atoms with Gasteiger partial charge in [-0.05, 0) is 26.7 Å². The number of amides is 1. The lowest BCUT2D eigenvalue weighted by molar-refractivity contribution is -0.120. The lowest BCUT2D eigenvalue weighted by Gasteiger charge is -2.23. The number of likely N-dealkylation sites (N-methyl/N-ethyl adjacent to an activating group) is 1. The van der Waals surface area contributed by atoms with Crippen LogP contribution in [0.15, 0.2) is 0 Å². The maximum Gasteiger partial charge on any atom is 0.322 e. The maximum atomic E-state index is 12.0. The Morgan fingerprint density at radius 3 is 2.46 bits per heavy atom. The SMILES string of the molecule is COc1nc(N(C)CC(=O)NC(C)C)nc(N2CCCCCC2)n1. The van der Waals surface area contributed by atoms with E-state index >= 15 is 0 Å². The van der Waals surface area contributed by atoms with E-state index in [2.05, 4.69) is 25.2 Å². The molecule has 0 aliphatic carbocycles. The molecule has 1 aliphatic rings. The Labute approximate surface area is 143 Å². The first-order valence-corrected chi connectivity index (χ1v) is 8.55. The highest BCUT2D eigenvalue weighted by molar-refractivity contribution is 5.80. The topological polar surface area (TPSA) is 83.5 Å². The van der Waals surface area contributed by atoms with E-state index in [1.165, 1.54) is 20.0 Å². The minimum absolute atomic E-state index is 0.0665. The fourth-order valence-corrected chi connectivity index (χ4v) is 2.66. The summed E-state index contributed by atoms with van der Waals surface area (Å²) in [6, 6.07) is 0.377. The van der Waals surface area contributed by atoms with Crippen LogP contribution in [0.2, 0.25) is 0 Å². The maximum absolute atomic E-state index is 12.0. The lowest BCUT2D eigenvalue weighted by atomic mass is 10.2. The monoisotopic (exact) mass is 336 g/mol. The molecule has 0 atom stereocenters. The highest BCUT2D eigenvalue weighted by Crippen LogP contribution is 2.20. The van der Waals surface area contributed by atoms with Crippen molar-refractivity contribution in [2.75, 3.05) is 43.6 Å². The Hall–Kier alpha value is -2.12. The number of anilines is 2. The van der Waals surface area contributed by atoms with Crippen molar-refractivity contribution in [2.45, 2.75) is 45.6 Å². The summed E-state index contributed by atoms with van der Waals surface area (Å²) in [4.78, 5) is 29.0. The molecule has 1 aliphatic heterocycles. The van der Waals surface area contributed by atoms with Crippen LogP contribution in [0.1, 0.15) is 39.5 Å². The first kappa shape index (κ1) is 18.2. The second-order valence-electron chi connectivity index (χ2n) is 6.40. The molecule has 24 heavy (non-hydrogen) atoms. The molecule has 0 bridgehead atoms. The second-order valence-corrected chi connectivity index (χ2v) is 6.40. The van der Waals surface area contributed by atoms with Gasteiger partial charge in [0, 0.05) is 26.2 Å². The van der Waals surface area contributed by atoms with Gasteiger partial charge in [0.05, 0.1) is 13.7 Å². The predicted molar refractivity (Wildman–Crippen MR) is 93.6 cm³/mol. The zero-order chi connectivity index (χ0) is 17.5. The normalized spacial score (nSPS) is 15.1. The van der Waals surface area contributed by atoms with E-state index in [0.29, 0.717) is 11.9 Å². The Balaban J connectivity index is 2.16. The number of aromatic nitrogens is 3. The summed E-state index contributed by atoms with van der Waals surface area (Å²) >= 11 is 0. The van der Waals surface area contributed by atoms with Crippen molar-refractivity contribution < 1.29 is 9.53 Å². The second kappa shape index (κ2) is 8.65. The van der Waals surface area contributed by atoms with Crippen LogP contribution in [0.3, 0.4) is 0 Å². The molecule has 0 radical (unpaired) electrons. The minimum atomic E-state index is -0.0665. The minimum Gasteiger partial charge on any atom is -0.467 e. The summed E-state index contributed by atoms with van der Waals surface area (Å²) in [5.74, 6) is 0.998. The van der Waals surface area contributed by atoms with Gasteiger partial charge in [0.25, 0.3) is 0 Å². The Bertz CT molecular complexity index is 543. The van der Waals surface area contributed by atoms with E-state index in [9.17, 15) is 4.79 Å². The summed E-state index contributed by atoms with van der Waals surface area (Å²) in [5, 5.41) is 2.86. The van der Waals surface area contributed by atoms with Crippen LogP contribution >= 0.6 is 0 Å².